The van der Waals surface area contributed by atoms with Gasteiger partial charge < -0.3 is 25.5 Å². The molecule has 0 aliphatic heterocycles. The van der Waals surface area contributed by atoms with Crippen molar-refractivity contribution in [3.8, 4) is 0 Å². The SMILES string of the molecule is N[C@@H](CCC(=O)O[SiH2]C(O)O)C(=O)O. The van der Waals surface area contributed by atoms with Gasteiger partial charge in [-0.25, -0.2) is 0 Å². The molecule has 1 atom stereocenters. The third-order valence-corrected chi connectivity index (χ3v) is 2.16. The summed E-state index contributed by atoms with van der Waals surface area (Å²) < 4.78 is 4.49. The maximum atomic E-state index is 10.8. The van der Waals surface area contributed by atoms with Crippen LogP contribution in [-0.4, -0.2) is 49.0 Å². The maximum Gasteiger partial charge on any atom is 0.320 e. The van der Waals surface area contributed by atoms with Gasteiger partial charge in [-0.2, -0.15) is 0 Å². The molecule has 0 saturated heterocycles. The van der Waals surface area contributed by atoms with Crippen molar-refractivity contribution in [1.82, 2.24) is 0 Å². The summed E-state index contributed by atoms with van der Waals surface area (Å²) in [6, 6.07) is -1.09. The average molecular weight is 223 g/mol. The van der Waals surface area contributed by atoms with Crippen LogP contribution in [0.2, 0.25) is 0 Å². The number of hydrogen-bond acceptors (Lipinski definition) is 6. The van der Waals surface area contributed by atoms with Crippen molar-refractivity contribution in [2.45, 2.75) is 24.8 Å². The fourth-order valence-corrected chi connectivity index (χ4v) is 1.12. The second-order valence-corrected chi connectivity index (χ2v) is 4.00. The zero-order chi connectivity index (χ0) is 11.1. The maximum absolute atomic E-state index is 10.8. The summed E-state index contributed by atoms with van der Waals surface area (Å²) >= 11 is 0. The second-order valence-electron chi connectivity index (χ2n) is 2.65. The Labute approximate surface area is 82.4 Å². The molecule has 0 aliphatic rings. The first-order chi connectivity index (χ1) is 6.43. The summed E-state index contributed by atoms with van der Waals surface area (Å²) in [7, 11) is -1.69. The topological polar surface area (TPSA) is 130 Å². The molecule has 0 bridgehead atoms. The van der Waals surface area contributed by atoms with Crippen LogP contribution in [0.15, 0.2) is 0 Å². The van der Waals surface area contributed by atoms with Crippen LogP contribution < -0.4 is 5.73 Å². The first kappa shape index (κ1) is 13.0. The first-order valence-electron chi connectivity index (χ1n) is 3.93. The highest BCUT2D eigenvalue weighted by atomic mass is 28.2. The Morgan fingerprint density at radius 3 is 2.43 bits per heavy atom. The Morgan fingerprint density at radius 1 is 1.43 bits per heavy atom. The number of hydrogen-bond donors (Lipinski definition) is 4. The van der Waals surface area contributed by atoms with E-state index in [1.54, 1.807) is 0 Å². The first-order valence-corrected chi connectivity index (χ1v) is 5.33. The van der Waals surface area contributed by atoms with Gasteiger partial charge >= 0.3 is 5.97 Å². The lowest BCUT2D eigenvalue weighted by molar-refractivity contribution is -0.139. The van der Waals surface area contributed by atoms with Crippen molar-refractivity contribution in [3.05, 3.63) is 0 Å². The molecule has 5 N–H and O–H groups in total. The molecule has 0 rings (SSSR count). The van der Waals surface area contributed by atoms with Gasteiger partial charge in [-0.1, -0.05) is 0 Å². The molecule has 8 heteroatoms. The monoisotopic (exact) mass is 223 g/mol. The molecule has 14 heavy (non-hydrogen) atoms. The Kier molecular flexibility index (Phi) is 6.04. The van der Waals surface area contributed by atoms with E-state index in [-0.39, 0.29) is 12.8 Å². The zero-order valence-corrected chi connectivity index (χ0v) is 8.83. The number of carboxylic acid groups (broad SMARTS) is 1. The van der Waals surface area contributed by atoms with Crippen LogP contribution in [0.4, 0.5) is 0 Å². The molecule has 0 heterocycles. The fourth-order valence-electron chi connectivity index (χ4n) is 0.636. The normalized spacial score (nSPS) is 13.4. The highest BCUT2D eigenvalue weighted by Gasteiger charge is 2.14. The van der Waals surface area contributed by atoms with Gasteiger partial charge in [-0.3, -0.25) is 9.59 Å². The van der Waals surface area contributed by atoms with Crippen molar-refractivity contribution in [2.75, 3.05) is 0 Å². The Balaban J connectivity index is 3.59. The van der Waals surface area contributed by atoms with E-state index in [1.807, 2.05) is 0 Å². The second kappa shape index (κ2) is 6.48. The van der Waals surface area contributed by atoms with E-state index in [0.29, 0.717) is 0 Å². The quantitative estimate of drug-likeness (QED) is 0.280. The standard InChI is InChI=1S/C6H13NO6Si/c7-3(5(9)10)1-2-4(8)13-14-6(11)12/h3,6,11-12H,1-2,7,14H2,(H,9,10)/t3-/m0/s1. The Hall–Kier alpha value is -0.963. The average Bonchev–Trinajstić information content (AvgIpc) is 2.10. The van der Waals surface area contributed by atoms with E-state index in [2.05, 4.69) is 4.43 Å². The van der Waals surface area contributed by atoms with E-state index >= 15 is 0 Å². The Bertz CT molecular complexity index is 208. The van der Waals surface area contributed by atoms with Crippen LogP contribution in [0.1, 0.15) is 12.8 Å². The predicted molar refractivity (Wildman–Crippen MR) is 47.7 cm³/mol. The number of nitrogens with two attached hydrogens (primary N) is 1. The van der Waals surface area contributed by atoms with E-state index in [4.69, 9.17) is 21.1 Å². The van der Waals surface area contributed by atoms with Crippen molar-refractivity contribution in [1.29, 1.82) is 0 Å². The molecule has 82 valence electrons. The molecule has 0 aromatic rings. The zero-order valence-electron chi connectivity index (χ0n) is 7.42. The third kappa shape index (κ3) is 6.54. The molecule has 0 spiro atoms. The minimum atomic E-state index is -1.69. The van der Waals surface area contributed by atoms with Crippen molar-refractivity contribution in [2.24, 2.45) is 5.73 Å². The number of rotatable bonds is 6. The molecule has 0 saturated carbocycles. The molecule has 0 aromatic heterocycles. The number of aliphatic carboxylic acids is 1. The number of aliphatic hydroxyl groups is 2. The van der Waals surface area contributed by atoms with Crippen molar-refractivity contribution in [3.63, 3.8) is 0 Å². The summed E-state index contributed by atoms with van der Waals surface area (Å²) in [6.07, 6.45) is -0.155. The van der Waals surface area contributed by atoms with Crippen LogP contribution in [0.3, 0.4) is 0 Å². The summed E-state index contributed by atoms with van der Waals surface area (Å²) in [5.74, 6) is -3.41. The summed E-state index contributed by atoms with van der Waals surface area (Å²) in [4.78, 5) is 21.0. The highest BCUT2D eigenvalue weighted by Crippen LogP contribution is 1.97. The van der Waals surface area contributed by atoms with Gasteiger partial charge in [0.05, 0.1) is 0 Å². The van der Waals surface area contributed by atoms with E-state index in [0.717, 1.165) is 0 Å². The fraction of sp³-hybridized carbons (Fsp3) is 0.667. The summed E-state index contributed by atoms with van der Waals surface area (Å²) in [6.45, 7) is 0. The summed E-state index contributed by atoms with van der Waals surface area (Å²) in [5.41, 5.74) is 5.13. The van der Waals surface area contributed by atoms with Gasteiger partial charge in [0.1, 0.15) is 6.04 Å². The minimum Gasteiger partial charge on any atom is -0.519 e. The summed E-state index contributed by atoms with van der Waals surface area (Å²) in [5, 5.41) is 25.1. The largest absolute Gasteiger partial charge is 0.519 e. The number of carbonyl (C=O) groups is 2. The molecule has 7 nitrogen and oxygen atoms in total. The molecule has 0 unspecified atom stereocenters. The van der Waals surface area contributed by atoms with Crippen LogP contribution in [0.5, 0.6) is 0 Å². The number of carbonyl (C=O) groups excluding carboxylic acids is 1. The molecule has 0 amide bonds. The predicted octanol–water partition coefficient (Wildman–Crippen LogP) is -2.93. The number of carboxylic acids is 1. The molecular formula is C6H13NO6Si. The van der Waals surface area contributed by atoms with Crippen molar-refractivity contribution >= 4 is 21.7 Å². The molecule has 0 aromatic carbocycles. The van der Waals surface area contributed by atoms with E-state index < -0.39 is 33.7 Å². The van der Waals surface area contributed by atoms with Crippen LogP contribution in [-0.2, 0) is 14.0 Å². The van der Waals surface area contributed by atoms with Gasteiger partial charge in [-0.05, 0) is 6.42 Å². The van der Waals surface area contributed by atoms with Gasteiger partial charge in [0.2, 0.25) is 0 Å². The molecular weight excluding hydrogens is 210 g/mol. The molecule has 0 fully saturated rings. The smallest absolute Gasteiger partial charge is 0.320 e. The van der Waals surface area contributed by atoms with Gasteiger partial charge in [0, 0.05) is 6.42 Å². The van der Waals surface area contributed by atoms with Gasteiger partial charge in [0.15, 0.2) is 5.91 Å². The lowest BCUT2D eigenvalue weighted by Gasteiger charge is -2.07. The highest BCUT2D eigenvalue weighted by molar-refractivity contribution is 6.31. The van der Waals surface area contributed by atoms with E-state index in [1.165, 1.54) is 0 Å². The van der Waals surface area contributed by atoms with Gasteiger partial charge in [0.25, 0.3) is 15.7 Å². The molecule has 0 aliphatic carbocycles. The lowest BCUT2D eigenvalue weighted by atomic mass is 10.2. The Morgan fingerprint density at radius 2 is 2.00 bits per heavy atom. The molecule has 0 radical (unpaired) electrons. The third-order valence-electron chi connectivity index (χ3n) is 1.37. The van der Waals surface area contributed by atoms with Crippen LogP contribution in [0.25, 0.3) is 0 Å². The lowest BCUT2D eigenvalue weighted by Crippen LogP contribution is -2.31. The van der Waals surface area contributed by atoms with Gasteiger partial charge in [-0.15, -0.1) is 0 Å². The van der Waals surface area contributed by atoms with Crippen LogP contribution in [0, 0.1) is 0 Å². The minimum absolute atomic E-state index is 0.0237. The van der Waals surface area contributed by atoms with E-state index in [9.17, 15) is 9.59 Å². The number of aliphatic hydroxyl groups excluding tert-OH is 1. The van der Waals surface area contributed by atoms with Crippen molar-refractivity contribution < 1.29 is 29.3 Å². The van der Waals surface area contributed by atoms with Crippen LogP contribution >= 0.6 is 0 Å².